The van der Waals surface area contributed by atoms with Crippen LogP contribution in [0, 0.1) is 0 Å². The molecule has 0 aromatic rings. The summed E-state index contributed by atoms with van der Waals surface area (Å²) in [5.74, 6) is 0. The minimum atomic E-state index is -5.88. The summed E-state index contributed by atoms with van der Waals surface area (Å²) in [6.07, 6.45) is 0. The molecular formula is H4AsCrNO4. The summed E-state index contributed by atoms with van der Waals surface area (Å²) in [6.45, 7) is 0. The first-order valence-corrected chi connectivity index (χ1v) is 3.79. The Bertz CT molecular complexity index is 57.8. The third-order valence-corrected chi connectivity index (χ3v) is 0. The van der Waals surface area contributed by atoms with Gasteiger partial charge in [0.05, 0.1) is 0 Å². The predicted molar refractivity (Wildman–Crippen MR) is 12.4 cm³/mol. The summed E-state index contributed by atoms with van der Waals surface area (Å²) in [6, 6.07) is 0. The molecule has 0 rings (SSSR count). The Hall–Kier alpha value is 0.731. The van der Waals surface area contributed by atoms with E-state index in [2.05, 4.69) is 0 Å². The molecule has 0 aromatic carbocycles. The smallest absolute Gasteiger partial charge is 0.369 e. The third-order valence-electron chi connectivity index (χ3n) is 0. The van der Waals surface area contributed by atoms with E-state index >= 15 is 0 Å². The first-order chi connectivity index (χ1) is 2.00. The van der Waals surface area contributed by atoms with E-state index in [1.807, 2.05) is 0 Å². The maximum absolute atomic E-state index is 8.61. The molecule has 0 saturated carbocycles. The van der Waals surface area contributed by atoms with Gasteiger partial charge in [0, 0.05) is 0 Å². The van der Waals surface area contributed by atoms with Crippen LogP contribution in [-0.4, -0.2) is 14.5 Å². The van der Waals surface area contributed by atoms with E-state index in [0.717, 1.165) is 0 Å². The molecule has 0 saturated heterocycles. The molecule has 5 nitrogen and oxygen atoms in total. The second-order valence-corrected chi connectivity index (χ2v) is 2.32. The molecule has 0 aliphatic rings. The van der Waals surface area contributed by atoms with Gasteiger partial charge >= 0.3 is 47.9 Å². The maximum atomic E-state index is 8.61. The number of quaternary nitrogens is 1. The average Bonchev–Trinajstić information content (AvgIpc) is 0.722. The van der Waals surface area contributed by atoms with Crippen molar-refractivity contribution >= 4 is 14.5 Å². The number of hydrogen-bond acceptors (Lipinski definition) is 4. The molecule has 0 spiro atoms. The molecule has 0 radical (unpaired) electrons. The Kier molecular flexibility index (Phi) is 10.9. The molecule has 0 bridgehead atoms. The standard InChI is InChI=1S/AsH3O4.Cr.H3N/c2-1(3,4)5;;/h(H3,2,3,4,5);;1H3/q;+2;/p-2. The number of hydrogen-bond donors (Lipinski definition) is 1. The SMILES string of the molecule is O=[As]([O-])([O-])[O-].[Cr+2].[NH4+]. The second-order valence-electron chi connectivity index (χ2n) is 0.447. The van der Waals surface area contributed by atoms with E-state index in [9.17, 15) is 0 Å². The van der Waals surface area contributed by atoms with Gasteiger partial charge in [0.25, 0.3) is 0 Å². The average molecular weight is 209 g/mol. The quantitative estimate of drug-likeness (QED) is 0.412. The molecule has 7 heteroatoms. The molecule has 0 aliphatic carbocycles. The number of rotatable bonds is 0. The molecule has 0 aromatic heterocycles. The largest absolute Gasteiger partial charge is 2.00 e. The van der Waals surface area contributed by atoms with Crippen molar-refractivity contribution in [3.05, 3.63) is 0 Å². The van der Waals surface area contributed by atoms with Gasteiger partial charge in [-0.15, -0.1) is 0 Å². The van der Waals surface area contributed by atoms with Crippen LogP contribution in [0.1, 0.15) is 0 Å². The summed E-state index contributed by atoms with van der Waals surface area (Å²) < 4.78 is 34.4. The van der Waals surface area contributed by atoms with Crippen LogP contribution in [0.25, 0.3) is 0 Å². The van der Waals surface area contributed by atoms with Crippen molar-refractivity contribution in [2.45, 2.75) is 0 Å². The van der Waals surface area contributed by atoms with Gasteiger partial charge in [-0.3, -0.25) is 0 Å². The van der Waals surface area contributed by atoms with E-state index in [1.54, 1.807) is 0 Å². The first kappa shape index (κ1) is 15.6. The molecule has 0 unspecified atom stereocenters. The molecule has 44 valence electrons. The Morgan fingerprint density at radius 3 is 1.14 bits per heavy atom. The van der Waals surface area contributed by atoms with E-state index in [4.69, 9.17) is 16.0 Å². The summed E-state index contributed by atoms with van der Waals surface area (Å²) in [5, 5.41) is 0. The van der Waals surface area contributed by atoms with Crippen LogP contribution in [0.4, 0.5) is 0 Å². The topological polar surface area (TPSA) is 123 Å². The van der Waals surface area contributed by atoms with Crippen molar-refractivity contribution < 1.29 is 33.4 Å². The molecule has 0 atom stereocenters. The van der Waals surface area contributed by atoms with Gasteiger partial charge in [-0.1, -0.05) is 0 Å². The monoisotopic (exact) mass is 209 g/mol. The fourth-order valence-electron chi connectivity index (χ4n) is 0. The van der Waals surface area contributed by atoms with Gasteiger partial charge in [0.1, 0.15) is 0 Å². The Balaban J connectivity index is -0.0000000800. The van der Waals surface area contributed by atoms with E-state index < -0.39 is 14.5 Å². The van der Waals surface area contributed by atoms with Crippen LogP contribution in [0.5, 0.6) is 0 Å². The fourth-order valence-corrected chi connectivity index (χ4v) is 0. The van der Waals surface area contributed by atoms with Crippen LogP contribution in [0.15, 0.2) is 0 Å². The fraction of sp³-hybridized carbons (Fsp3) is 0. The van der Waals surface area contributed by atoms with Gasteiger partial charge in [-0.05, 0) is 0 Å². The van der Waals surface area contributed by atoms with Crippen LogP contribution >= 0.6 is 0 Å². The zero-order valence-electron chi connectivity index (χ0n) is 3.49. The van der Waals surface area contributed by atoms with Gasteiger partial charge in [-0.2, -0.15) is 0 Å². The molecular weight excluding hydrogens is 205 g/mol. The predicted octanol–water partition coefficient (Wildman–Crippen LogP) is -3.69. The maximum Gasteiger partial charge on any atom is 2.00 e. The van der Waals surface area contributed by atoms with Crippen LogP contribution in [-0.2, 0) is 21.1 Å². The van der Waals surface area contributed by atoms with Crippen molar-refractivity contribution in [1.82, 2.24) is 6.15 Å². The Morgan fingerprint density at radius 1 is 1.14 bits per heavy atom. The molecule has 0 heterocycles. The summed E-state index contributed by atoms with van der Waals surface area (Å²) in [4.78, 5) is 0. The Labute approximate surface area is 54.4 Å². The van der Waals surface area contributed by atoms with Gasteiger partial charge in [0.15, 0.2) is 0 Å². The zero-order chi connectivity index (χ0) is 4.50. The van der Waals surface area contributed by atoms with Crippen LogP contribution < -0.4 is 18.4 Å². The van der Waals surface area contributed by atoms with Crippen molar-refractivity contribution in [2.24, 2.45) is 0 Å². The van der Waals surface area contributed by atoms with E-state index in [1.165, 1.54) is 0 Å². The van der Waals surface area contributed by atoms with Gasteiger partial charge < -0.3 is 6.15 Å². The third kappa shape index (κ3) is 282. The van der Waals surface area contributed by atoms with Crippen molar-refractivity contribution in [3.63, 3.8) is 0 Å². The minimum Gasteiger partial charge on any atom is -0.369 e. The first-order valence-electron chi connectivity index (χ1n) is 0.730. The summed E-state index contributed by atoms with van der Waals surface area (Å²) in [7, 11) is 0. The Morgan fingerprint density at radius 2 is 1.14 bits per heavy atom. The molecule has 7 heavy (non-hydrogen) atoms. The van der Waals surface area contributed by atoms with E-state index in [0.29, 0.717) is 0 Å². The van der Waals surface area contributed by atoms with Crippen molar-refractivity contribution in [1.29, 1.82) is 0 Å². The van der Waals surface area contributed by atoms with E-state index in [-0.39, 0.29) is 23.5 Å². The minimum absolute atomic E-state index is 0. The summed E-state index contributed by atoms with van der Waals surface area (Å²) >= 11 is -5.88. The zero-order valence-corrected chi connectivity index (χ0v) is 6.64. The summed E-state index contributed by atoms with van der Waals surface area (Å²) in [5.41, 5.74) is 0. The van der Waals surface area contributed by atoms with Crippen molar-refractivity contribution in [3.8, 4) is 0 Å². The normalized spacial score (nSPS) is 8.43. The van der Waals surface area contributed by atoms with Crippen molar-refractivity contribution in [2.75, 3.05) is 0 Å². The van der Waals surface area contributed by atoms with Gasteiger partial charge in [-0.25, -0.2) is 0 Å². The second kappa shape index (κ2) is 4.88. The molecule has 0 fully saturated rings. The van der Waals surface area contributed by atoms with Crippen LogP contribution in [0.2, 0.25) is 0 Å². The molecule has 0 amide bonds. The molecule has 4 N–H and O–H groups in total. The molecule has 0 aliphatic heterocycles. The van der Waals surface area contributed by atoms with Gasteiger partial charge in [0.2, 0.25) is 0 Å². The van der Waals surface area contributed by atoms with Crippen LogP contribution in [0.3, 0.4) is 0 Å².